The number of nitrogens with zero attached hydrogens (tertiary/aromatic N) is 3. The summed E-state index contributed by atoms with van der Waals surface area (Å²) in [5.74, 6) is 0.917. The molecule has 0 spiro atoms. The lowest BCUT2D eigenvalue weighted by Crippen LogP contribution is -2.42. The molecular weight excluding hydrogens is 236 g/mol. The number of fused-ring (bicyclic) bond motifs is 1. The lowest BCUT2D eigenvalue weighted by Gasteiger charge is -2.35. The van der Waals surface area contributed by atoms with Crippen LogP contribution in [0.4, 0.5) is 5.82 Å². The Labute approximate surface area is 113 Å². The zero-order valence-electron chi connectivity index (χ0n) is 11.5. The predicted molar refractivity (Wildman–Crippen MR) is 78.3 cm³/mol. The summed E-state index contributed by atoms with van der Waals surface area (Å²) in [6, 6.07) is 9.37. The van der Waals surface area contributed by atoms with E-state index in [1.54, 1.807) is 0 Å². The molecule has 100 valence electrons. The van der Waals surface area contributed by atoms with Crippen molar-refractivity contribution in [1.29, 1.82) is 0 Å². The van der Waals surface area contributed by atoms with Crippen molar-refractivity contribution >= 4 is 16.6 Å². The summed E-state index contributed by atoms with van der Waals surface area (Å²) >= 11 is 0. The topological polar surface area (TPSA) is 41.1 Å². The van der Waals surface area contributed by atoms with Crippen LogP contribution in [0.15, 0.2) is 30.5 Å². The van der Waals surface area contributed by atoms with Gasteiger partial charge in [-0.2, -0.15) is 5.10 Å². The van der Waals surface area contributed by atoms with Crippen molar-refractivity contribution in [3.05, 3.63) is 30.5 Å². The molecule has 2 heterocycles. The summed E-state index contributed by atoms with van der Waals surface area (Å²) in [6.45, 7) is 3.42. The number of hydrogen-bond donors (Lipinski definition) is 1. The molecule has 4 heteroatoms. The maximum Gasteiger partial charge on any atom is 0.156 e. The van der Waals surface area contributed by atoms with Gasteiger partial charge >= 0.3 is 0 Å². The van der Waals surface area contributed by atoms with Crippen LogP contribution in [0.1, 0.15) is 19.8 Å². The molecule has 1 aromatic heterocycles. The molecule has 1 saturated heterocycles. The second-order valence-electron chi connectivity index (χ2n) is 5.48. The van der Waals surface area contributed by atoms with Gasteiger partial charge in [-0.05, 0) is 26.8 Å². The molecule has 0 aliphatic carbocycles. The summed E-state index contributed by atoms with van der Waals surface area (Å²) in [7, 11) is 2.19. The van der Waals surface area contributed by atoms with Crippen LogP contribution >= 0.6 is 0 Å². The van der Waals surface area contributed by atoms with Crippen LogP contribution in [-0.4, -0.2) is 40.8 Å². The molecule has 19 heavy (non-hydrogen) atoms. The summed E-state index contributed by atoms with van der Waals surface area (Å²) < 4.78 is 0. The Morgan fingerprint density at radius 2 is 2.16 bits per heavy atom. The van der Waals surface area contributed by atoms with Gasteiger partial charge in [-0.25, -0.2) is 0 Å². The fourth-order valence-corrected chi connectivity index (χ4v) is 2.75. The highest BCUT2D eigenvalue weighted by atomic mass is 15.2. The van der Waals surface area contributed by atoms with Crippen molar-refractivity contribution in [3.63, 3.8) is 0 Å². The Hall–Kier alpha value is -1.68. The maximum absolute atomic E-state index is 4.27. The average Bonchev–Trinajstić information content (AvgIpc) is 2.43. The lowest BCUT2D eigenvalue weighted by atomic mass is 9.99. The molecule has 3 rings (SSSR count). The van der Waals surface area contributed by atoms with E-state index in [1.165, 1.54) is 0 Å². The van der Waals surface area contributed by atoms with Crippen LogP contribution in [0.5, 0.6) is 0 Å². The highest BCUT2D eigenvalue weighted by molar-refractivity contribution is 5.90. The van der Waals surface area contributed by atoms with Crippen molar-refractivity contribution in [2.24, 2.45) is 0 Å². The number of benzene rings is 1. The molecule has 1 N–H and O–H groups in total. The predicted octanol–water partition coefficient (Wildman–Crippen LogP) is 2.52. The van der Waals surface area contributed by atoms with Gasteiger partial charge in [0.05, 0.1) is 6.20 Å². The number of likely N-dealkylation sites (tertiary alicyclic amines) is 1. The highest BCUT2D eigenvalue weighted by Crippen LogP contribution is 2.23. The van der Waals surface area contributed by atoms with Crippen LogP contribution in [-0.2, 0) is 0 Å². The minimum Gasteiger partial charge on any atom is -0.365 e. The SMILES string of the molecule is CC1CC(Nc2nncc3ccccc23)CCN1C. The molecule has 0 bridgehead atoms. The maximum atomic E-state index is 4.27. The summed E-state index contributed by atoms with van der Waals surface area (Å²) in [5.41, 5.74) is 0. The molecule has 1 aliphatic rings. The van der Waals surface area contributed by atoms with Crippen LogP contribution in [0.3, 0.4) is 0 Å². The van der Waals surface area contributed by atoms with Crippen molar-refractivity contribution in [2.45, 2.75) is 31.8 Å². The standard InChI is InChI=1S/C15H20N4/c1-11-9-13(7-8-19(11)2)17-15-14-6-4-3-5-12(14)10-16-18-15/h3-6,10-11,13H,7-9H2,1-2H3,(H,17,18). The van der Waals surface area contributed by atoms with Crippen molar-refractivity contribution in [1.82, 2.24) is 15.1 Å². The van der Waals surface area contributed by atoms with E-state index in [2.05, 4.69) is 46.5 Å². The van der Waals surface area contributed by atoms with E-state index in [4.69, 9.17) is 0 Å². The third kappa shape index (κ3) is 2.54. The van der Waals surface area contributed by atoms with Gasteiger partial charge in [0.2, 0.25) is 0 Å². The first-order chi connectivity index (χ1) is 9.24. The first-order valence-electron chi connectivity index (χ1n) is 6.91. The Balaban J connectivity index is 1.82. The van der Waals surface area contributed by atoms with E-state index in [0.717, 1.165) is 36.0 Å². The van der Waals surface area contributed by atoms with E-state index in [0.29, 0.717) is 12.1 Å². The molecule has 4 nitrogen and oxygen atoms in total. The number of aromatic nitrogens is 2. The Morgan fingerprint density at radius 1 is 1.32 bits per heavy atom. The highest BCUT2D eigenvalue weighted by Gasteiger charge is 2.23. The molecule has 0 amide bonds. The zero-order chi connectivity index (χ0) is 13.2. The third-order valence-electron chi connectivity index (χ3n) is 4.12. The molecule has 2 aromatic rings. The minimum atomic E-state index is 0.492. The van der Waals surface area contributed by atoms with Crippen molar-refractivity contribution in [2.75, 3.05) is 18.9 Å². The Bertz CT molecular complexity index is 564. The van der Waals surface area contributed by atoms with Crippen LogP contribution in [0.2, 0.25) is 0 Å². The van der Waals surface area contributed by atoms with E-state index < -0.39 is 0 Å². The number of hydrogen-bond acceptors (Lipinski definition) is 4. The van der Waals surface area contributed by atoms with Gasteiger partial charge < -0.3 is 10.2 Å². The van der Waals surface area contributed by atoms with E-state index in [-0.39, 0.29) is 0 Å². The summed E-state index contributed by atoms with van der Waals surface area (Å²) in [5, 5.41) is 14.2. The number of nitrogens with one attached hydrogen (secondary N) is 1. The van der Waals surface area contributed by atoms with Gasteiger partial charge in [-0.15, -0.1) is 5.10 Å². The first kappa shape index (κ1) is 12.4. The fourth-order valence-electron chi connectivity index (χ4n) is 2.75. The lowest BCUT2D eigenvalue weighted by molar-refractivity contribution is 0.190. The van der Waals surface area contributed by atoms with Gasteiger partial charge in [0, 0.05) is 29.4 Å². The largest absolute Gasteiger partial charge is 0.365 e. The van der Waals surface area contributed by atoms with E-state index >= 15 is 0 Å². The second kappa shape index (κ2) is 5.13. The van der Waals surface area contributed by atoms with Gasteiger partial charge in [0.1, 0.15) is 0 Å². The minimum absolute atomic E-state index is 0.492. The van der Waals surface area contributed by atoms with Crippen molar-refractivity contribution < 1.29 is 0 Å². The Kier molecular flexibility index (Phi) is 3.34. The quantitative estimate of drug-likeness (QED) is 0.896. The molecular formula is C15H20N4. The summed E-state index contributed by atoms with van der Waals surface area (Å²) in [4.78, 5) is 2.41. The van der Waals surface area contributed by atoms with Gasteiger partial charge in [-0.3, -0.25) is 0 Å². The number of anilines is 1. The molecule has 2 unspecified atom stereocenters. The Morgan fingerprint density at radius 3 is 3.00 bits per heavy atom. The van der Waals surface area contributed by atoms with Gasteiger partial charge in [0.15, 0.2) is 5.82 Å². The second-order valence-corrected chi connectivity index (χ2v) is 5.48. The molecule has 0 radical (unpaired) electrons. The molecule has 1 aliphatic heterocycles. The molecule has 2 atom stereocenters. The van der Waals surface area contributed by atoms with Crippen LogP contribution in [0.25, 0.3) is 10.8 Å². The molecule has 1 fully saturated rings. The monoisotopic (exact) mass is 256 g/mol. The van der Waals surface area contributed by atoms with Crippen molar-refractivity contribution in [3.8, 4) is 0 Å². The molecule has 0 saturated carbocycles. The van der Waals surface area contributed by atoms with Crippen LogP contribution in [0, 0.1) is 0 Å². The summed E-state index contributed by atoms with van der Waals surface area (Å²) in [6.07, 6.45) is 4.13. The normalized spacial score (nSPS) is 24.5. The number of rotatable bonds is 2. The third-order valence-corrected chi connectivity index (χ3v) is 4.12. The van der Waals surface area contributed by atoms with E-state index in [1.807, 2.05) is 18.3 Å². The van der Waals surface area contributed by atoms with Gasteiger partial charge in [-0.1, -0.05) is 24.3 Å². The van der Waals surface area contributed by atoms with Gasteiger partial charge in [0.25, 0.3) is 0 Å². The van der Waals surface area contributed by atoms with Crippen LogP contribution < -0.4 is 5.32 Å². The average molecular weight is 256 g/mol. The first-order valence-corrected chi connectivity index (χ1v) is 6.91. The fraction of sp³-hybridized carbons (Fsp3) is 0.467. The number of piperidine rings is 1. The zero-order valence-corrected chi connectivity index (χ0v) is 11.5. The van der Waals surface area contributed by atoms with E-state index in [9.17, 15) is 0 Å². The molecule has 1 aromatic carbocycles. The smallest absolute Gasteiger partial charge is 0.156 e.